The van der Waals surface area contributed by atoms with Crippen molar-refractivity contribution in [3.05, 3.63) is 89.2 Å². The van der Waals surface area contributed by atoms with Crippen LogP contribution >= 0.6 is 0 Å². The number of halogens is 1. The highest BCUT2D eigenvalue weighted by Crippen LogP contribution is 2.37. The van der Waals surface area contributed by atoms with Gasteiger partial charge in [-0.2, -0.15) is 0 Å². The van der Waals surface area contributed by atoms with E-state index in [1.54, 1.807) is 12.1 Å². The maximum absolute atomic E-state index is 12.9. The van der Waals surface area contributed by atoms with Gasteiger partial charge in [0.05, 0.1) is 6.54 Å². The molecule has 0 fully saturated rings. The molecule has 1 aliphatic carbocycles. The van der Waals surface area contributed by atoms with Crippen LogP contribution in [0.2, 0.25) is 0 Å². The van der Waals surface area contributed by atoms with E-state index in [4.69, 9.17) is 0 Å². The van der Waals surface area contributed by atoms with Crippen molar-refractivity contribution in [2.75, 3.05) is 11.9 Å². The normalized spacial score (nSPS) is 11.6. The van der Waals surface area contributed by atoms with E-state index in [0.717, 1.165) is 17.7 Å². The van der Waals surface area contributed by atoms with Crippen LogP contribution in [0.4, 0.5) is 10.1 Å². The molecule has 130 valence electrons. The Morgan fingerprint density at radius 1 is 0.923 bits per heavy atom. The second-order valence-electron chi connectivity index (χ2n) is 6.46. The van der Waals surface area contributed by atoms with Gasteiger partial charge in [-0.3, -0.25) is 4.79 Å². The van der Waals surface area contributed by atoms with Crippen LogP contribution in [-0.2, 0) is 17.8 Å². The van der Waals surface area contributed by atoms with Crippen LogP contribution in [0.3, 0.4) is 0 Å². The fourth-order valence-corrected chi connectivity index (χ4v) is 3.30. The van der Waals surface area contributed by atoms with Gasteiger partial charge in [-0.1, -0.05) is 42.5 Å². The number of carbonyl (C=O) groups excluding carboxylic acids is 1. The number of amides is 1. The average Bonchev–Trinajstić information content (AvgIpc) is 3.03. The molecular formula is C22H19FN2O. The first-order valence-corrected chi connectivity index (χ1v) is 8.65. The molecule has 0 heterocycles. The van der Waals surface area contributed by atoms with Crippen LogP contribution in [0.5, 0.6) is 0 Å². The molecule has 1 amide bonds. The maximum atomic E-state index is 12.9. The lowest BCUT2D eigenvalue weighted by molar-refractivity contribution is -0.119. The van der Waals surface area contributed by atoms with Crippen molar-refractivity contribution in [2.45, 2.75) is 13.0 Å². The molecule has 0 unspecified atom stereocenters. The van der Waals surface area contributed by atoms with Gasteiger partial charge < -0.3 is 10.6 Å². The Labute approximate surface area is 151 Å². The quantitative estimate of drug-likeness (QED) is 0.571. The van der Waals surface area contributed by atoms with E-state index in [2.05, 4.69) is 47.0 Å². The van der Waals surface area contributed by atoms with E-state index >= 15 is 0 Å². The predicted octanol–water partition coefficient (Wildman–Crippen LogP) is 4.13. The smallest absolute Gasteiger partial charge is 0.239 e. The third-order valence-corrected chi connectivity index (χ3v) is 4.65. The second-order valence-corrected chi connectivity index (χ2v) is 6.46. The lowest BCUT2D eigenvalue weighted by Crippen LogP contribution is -2.29. The number of benzene rings is 3. The number of fused-ring (bicyclic) bond motifs is 3. The summed E-state index contributed by atoms with van der Waals surface area (Å²) in [6, 6.07) is 20.8. The molecule has 2 N–H and O–H groups in total. The molecule has 0 saturated heterocycles. The highest BCUT2D eigenvalue weighted by atomic mass is 19.1. The van der Waals surface area contributed by atoms with Gasteiger partial charge >= 0.3 is 0 Å². The van der Waals surface area contributed by atoms with Gasteiger partial charge in [-0.25, -0.2) is 4.39 Å². The third-order valence-electron chi connectivity index (χ3n) is 4.65. The van der Waals surface area contributed by atoms with Crippen molar-refractivity contribution >= 4 is 11.6 Å². The van der Waals surface area contributed by atoms with Gasteiger partial charge in [0.15, 0.2) is 0 Å². The van der Waals surface area contributed by atoms with Crippen LogP contribution in [0.15, 0.2) is 66.7 Å². The lowest BCUT2D eigenvalue weighted by Gasteiger charge is -2.09. The highest BCUT2D eigenvalue weighted by molar-refractivity contribution is 5.82. The van der Waals surface area contributed by atoms with Gasteiger partial charge in [-0.05, 0) is 58.5 Å². The van der Waals surface area contributed by atoms with Crippen LogP contribution in [0.25, 0.3) is 11.1 Å². The van der Waals surface area contributed by atoms with Crippen LogP contribution in [-0.4, -0.2) is 12.5 Å². The number of hydrogen-bond acceptors (Lipinski definition) is 2. The van der Waals surface area contributed by atoms with E-state index < -0.39 is 0 Å². The second kappa shape index (κ2) is 7.00. The summed E-state index contributed by atoms with van der Waals surface area (Å²) in [7, 11) is 0. The van der Waals surface area contributed by atoms with Crippen molar-refractivity contribution in [3.8, 4) is 11.1 Å². The average molecular weight is 346 g/mol. The summed E-state index contributed by atoms with van der Waals surface area (Å²) < 4.78 is 12.9. The minimum atomic E-state index is -0.277. The standard InChI is InChI=1S/C22H19FN2O/c23-18-7-5-15(6-8-18)13-25-22(26)14-24-19-9-10-21-17(12-19)11-16-3-1-2-4-20(16)21/h1-10,12,24H,11,13-14H2,(H,25,26). The molecule has 0 aliphatic heterocycles. The van der Waals surface area contributed by atoms with Gasteiger partial charge in [0.2, 0.25) is 5.91 Å². The van der Waals surface area contributed by atoms with Crippen molar-refractivity contribution in [3.63, 3.8) is 0 Å². The van der Waals surface area contributed by atoms with Gasteiger partial charge in [0.1, 0.15) is 5.82 Å². The molecule has 26 heavy (non-hydrogen) atoms. The van der Waals surface area contributed by atoms with Crippen LogP contribution in [0.1, 0.15) is 16.7 Å². The molecule has 3 nitrogen and oxygen atoms in total. The number of hydrogen-bond donors (Lipinski definition) is 2. The molecule has 1 aliphatic rings. The minimum absolute atomic E-state index is 0.0990. The Bertz CT molecular complexity index is 951. The molecule has 0 saturated carbocycles. The minimum Gasteiger partial charge on any atom is -0.376 e. The summed E-state index contributed by atoms with van der Waals surface area (Å²) in [5, 5.41) is 6.01. The number of anilines is 1. The first kappa shape index (κ1) is 16.3. The molecule has 4 rings (SSSR count). The van der Waals surface area contributed by atoms with Crippen molar-refractivity contribution in [1.29, 1.82) is 0 Å². The van der Waals surface area contributed by atoms with Crippen molar-refractivity contribution in [2.24, 2.45) is 0 Å². The highest BCUT2D eigenvalue weighted by Gasteiger charge is 2.17. The fraction of sp³-hybridized carbons (Fsp3) is 0.136. The Morgan fingerprint density at radius 3 is 2.54 bits per heavy atom. The number of nitrogens with one attached hydrogen (secondary N) is 2. The monoisotopic (exact) mass is 346 g/mol. The molecule has 0 bridgehead atoms. The zero-order valence-electron chi connectivity index (χ0n) is 14.3. The van der Waals surface area contributed by atoms with Gasteiger partial charge in [0, 0.05) is 12.2 Å². The van der Waals surface area contributed by atoms with Crippen molar-refractivity contribution in [1.82, 2.24) is 5.32 Å². The Hall–Kier alpha value is -3.14. The summed E-state index contributed by atoms with van der Waals surface area (Å²) in [6.45, 7) is 0.590. The Balaban J connectivity index is 1.33. The molecule has 0 atom stereocenters. The Morgan fingerprint density at radius 2 is 1.69 bits per heavy atom. The summed E-state index contributed by atoms with van der Waals surface area (Å²) in [4.78, 5) is 12.0. The summed E-state index contributed by atoms with van der Waals surface area (Å²) in [5.41, 5.74) is 7.00. The lowest BCUT2D eigenvalue weighted by atomic mass is 10.1. The molecule has 0 aromatic heterocycles. The van der Waals surface area contributed by atoms with Crippen LogP contribution in [0, 0.1) is 5.82 Å². The first-order valence-electron chi connectivity index (χ1n) is 8.65. The molecule has 3 aromatic carbocycles. The molecular weight excluding hydrogens is 327 g/mol. The van der Waals surface area contributed by atoms with Crippen molar-refractivity contribution < 1.29 is 9.18 Å². The topological polar surface area (TPSA) is 41.1 Å². The first-order chi connectivity index (χ1) is 12.7. The number of carbonyl (C=O) groups is 1. The van der Waals surface area contributed by atoms with Gasteiger partial charge in [0.25, 0.3) is 0 Å². The van der Waals surface area contributed by atoms with E-state index in [-0.39, 0.29) is 18.3 Å². The maximum Gasteiger partial charge on any atom is 0.239 e. The molecule has 0 spiro atoms. The SMILES string of the molecule is O=C(CNc1ccc2c(c1)Cc1ccccc1-2)NCc1ccc(F)cc1. The van der Waals surface area contributed by atoms with E-state index in [0.29, 0.717) is 6.54 Å². The fourth-order valence-electron chi connectivity index (χ4n) is 3.30. The largest absolute Gasteiger partial charge is 0.376 e. The van der Waals surface area contributed by atoms with Gasteiger partial charge in [-0.15, -0.1) is 0 Å². The number of rotatable bonds is 5. The predicted molar refractivity (Wildman–Crippen MR) is 101 cm³/mol. The third kappa shape index (κ3) is 3.45. The molecule has 0 radical (unpaired) electrons. The summed E-state index contributed by atoms with van der Waals surface area (Å²) in [6.07, 6.45) is 0.928. The zero-order valence-corrected chi connectivity index (χ0v) is 14.3. The van der Waals surface area contributed by atoms with Crippen LogP contribution < -0.4 is 10.6 Å². The van der Waals surface area contributed by atoms with E-state index in [1.165, 1.54) is 34.4 Å². The van der Waals surface area contributed by atoms with E-state index in [9.17, 15) is 9.18 Å². The summed E-state index contributed by atoms with van der Waals surface area (Å²) >= 11 is 0. The zero-order chi connectivity index (χ0) is 17.9. The summed E-state index contributed by atoms with van der Waals surface area (Å²) in [5.74, 6) is -0.376. The molecule has 3 aromatic rings. The molecule has 4 heteroatoms. The Kier molecular flexibility index (Phi) is 4.40. The van der Waals surface area contributed by atoms with E-state index in [1.807, 2.05) is 6.07 Å².